The minimum absolute atomic E-state index is 0.392. The van der Waals surface area contributed by atoms with Gasteiger partial charge in [0.05, 0.1) is 0 Å². The van der Waals surface area contributed by atoms with Crippen LogP contribution in [0.5, 0.6) is 0 Å². The van der Waals surface area contributed by atoms with Crippen molar-refractivity contribution in [2.75, 3.05) is 12.8 Å². The lowest BCUT2D eigenvalue weighted by atomic mass is 9.88. The maximum absolute atomic E-state index is 5.94. The molecular formula is C16H24ClNS. The summed E-state index contributed by atoms with van der Waals surface area (Å²) in [7, 11) is 0. The minimum Gasteiger partial charge on any atom is -0.309 e. The Morgan fingerprint density at radius 1 is 1.21 bits per heavy atom. The van der Waals surface area contributed by atoms with Crippen LogP contribution >= 0.6 is 23.4 Å². The van der Waals surface area contributed by atoms with Gasteiger partial charge in [-0.1, -0.05) is 43.0 Å². The van der Waals surface area contributed by atoms with Crippen molar-refractivity contribution in [3.8, 4) is 0 Å². The van der Waals surface area contributed by atoms with Crippen molar-refractivity contribution in [3.63, 3.8) is 0 Å². The molecule has 0 spiro atoms. The average Bonchev–Trinajstić information content (AvgIpc) is 2.46. The highest BCUT2D eigenvalue weighted by molar-refractivity contribution is 8.00. The number of hydrogen-bond donors (Lipinski definition) is 1. The van der Waals surface area contributed by atoms with Crippen LogP contribution in [0.1, 0.15) is 50.6 Å². The highest BCUT2D eigenvalue weighted by Crippen LogP contribution is 2.38. The number of rotatable bonds is 5. The third-order valence-electron chi connectivity index (χ3n) is 4.30. The van der Waals surface area contributed by atoms with Crippen molar-refractivity contribution in [2.45, 2.75) is 49.8 Å². The molecule has 1 unspecified atom stereocenters. The summed E-state index contributed by atoms with van der Waals surface area (Å²) in [5.74, 6) is 0. The number of nitrogens with one attached hydrogen (secondary N) is 1. The molecule has 1 aliphatic rings. The largest absolute Gasteiger partial charge is 0.309 e. The van der Waals surface area contributed by atoms with E-state index in [9.17, 15) is 0 Å². The first-order chi connectivity index (χ1) is 9.15. The molecule has 0 heterocycles. The van der Waals surface area contributed by atoms with E-state index in [0.29, 0.717) is 10.8 Å². The van der Waals surface area contributed by atoms with Crippen molar-refractivity contribution in [2.24, 2.45) is 0 Å². The van der Waals surface area contributed by atoms with Gasteiger partial charge in [-0.25, -0.2) is 0 Å². The fraction of sp³-hybridized carbons (Fsp3) is 0.625. The predicted octanol–water partition coefficient (Wildman–Crippen LogP) is 5.06. The minimum atomic E-state index is 0.392. The summed E-state index contributed by atoms with van der Waals surface area (Å²) in [5.41, 5.74) is 1.32. The Morgan fingerprint density at radius 2 is 1.84 bits per heavy atom. The van der Waals surface area contributed by atoms with Gasteiger partial charge in [-0.05, 0) is 43.7 Å². The molecule has 1 nitrogen and oxygen atoms in total. The Morgan fingerprint density at radius 3 is 2.42 bits per heavy atom. The van der Waals surface area contributed by atoms with E-state index in [1.807, 2.05) is 23.9 Å². The third-order valence-corrected chi connectivity index (χ3v) is 5.97. The molecule has 0 aromatic heterocycles. The zero-order chi connectivity index (χ0) is 13.7. The van der Waals surface area contributed by atoms with E-state index in [-0.39, 0.29) is 0 Å². The van der Waals surface area contributed by atoms with E-state index in [1.54, 1.807) is 0 Å². The average molecular weight is 298 g/mol. The molecule has 0 bridgehead atoms. The monoisotopic (exact) mass is 297 g/mol. The van der Waals surface area contributed by atoms with E-state index in [0.717, 1.165) is 11.6 Å². The smallest absolute Gasteiger partial charge is 0.0406 e. The standard InChI is InChI=1S/C16H24ClNS/c1-13(14-6-8-15(17)9-7-14)18-12-16(19-2)10-4-3-5-11-16/h6-9,13,18H,3-5,10-12H2,1-2H3. The Balaban J connectivity index is 1.91. The third kappa shape index (κ3) is 4.14. The molecule has 2 rings (SSSR count). The Labute approximate surface area is 126 Å². The van der Waals surface area contributed by atoms with Gasteiger partial charge in [0.2, 0.25) is 0 Å². The second-order valence-corrected chi connectivity index (χ2v) is 7.31. The van der Waals surface area contributed by atoms with Crippen LogP contribution in [0.2, 0.25) is 5.02 Å². The van der Waals surface area contributed by atoms with E-state index in [2.05, 4.69) is 30.6 Å². The molecule has 0 saturated heterocycles. The first-order valence-corrected chi connectivity index (χ1v) is 8.79. The number of hydrogen-bond acceptors (Lipinski definition) is 2. The van der Waals surface area contributed by atoms with Crippen LogP contribution in [0.25, 0.3) is 0 Å². The Kier molecular flexibility index (Phi) is 5.61. The van der Waals surface area contributed by atoms with Gasteiger partial charge in [0.15, 0.2) is 0 Å². The first kappa shape index (κ1) is 15.2. The van der Waals surface area contributed by atoms with E-state index < -0.39 is 0 Å². The Bertz CT molecular complexity index is 384. The van der Waals surface area contributed by atoms with Crippen molar-refractivity contribution >= 4 is 23.4 Å². The lowest BCUT2D eigenvalue weighted by Crippen LogP contribution is -2.40. The molecular weight excluding hydrogens is 274 g/mol. The summed E-state index contributed by atoms with van der Waals surface area (Å²) >= 11 is 7.99. The quantitative estimate of drug-likeness (QED) is 0.815. The van der Waals surface area contributed by atoms with Crippen LogP contribution in [-0.2, 0) is 0 Å². The van der Waals surface area contributed by atoms with Crippen LogP contribution in [-0.4, -0.2) is 17.5 Å². The highest BCUT2D eigenvalue weighted by Gasteiger charge is 2.31. The molecule has 106 valence electrons. The van der Waals surface area contributed by atoms with Gasteiger partial charge >= 0.3 is 0 Å². The van der Waals surface area contributed by atoms with E-state index in [1.165, 1.54) is 37.7 Å². The summed E-state index contributed by atoms with van der Waals surface area (Å²) in [6.07, 6.45) is 9.16. The maximum Gasteiger partial charge on any atom is 0.0406 e. The summed E-state index contributed by atoms with van der Waals surface area (Å²) < 4.78 is 0.457. The van der Waals surface area contributed by atoms with Crippen LogP contribution in [0, 0.1) is 0 Å². The van der Waals surface area contributed by atoms with Crippen LogP contribution in [0.3, 0.4) is 0 Å². The van der Waals surface area contributed by atoms with Crippen molar-refractivity contribution < 1.29 is 0 Å². The van der Waals surface area contributed by atoms with Gasteiger partial charge in [0.25, 0.3) is 0 Å². The molecule has 1 N–H and O–H groups in total. The van der Waals surface area contributed by atoms with Crippen LogP contribution in [0.15, 0.2) is 24.3 Å². The summed E-state index contributed by atoms with van der Waals surface area (Å²) in [6.45, 7) is 3.35. The number of halogens is 1. The lowest BCUT2D eigenvalue weighted by Gasteiger charge is -2.37. The molecule has 19 heavy (non-hydrogen) atoms. The number of thioether (sulfide) groups is 1. The summed E-state index contributed by atoms with van der Waals surface area (Å²) in [5, 5.41) is 4.53. The van der Waals surface area contributed by atoms with Gasteiger partial charge in [0.1, 0.15) is 0 Å². The summed E-state index contributed by atoms with van der Waals surface area (Å²) in [6, 6.07) is 8.57. The molecule has 1 aliphatic carbocycles. The first-order valence-electron chi connectivity index (χ1n) is 7.19. The molecule has 0 radical (unpaired) electrons. The van der Waals surface area contributed by atoms with E-state index in [4.69, 9.17) is 11.6 Å². The van der Waals surface area contributed by atoms with E-state index >= 15 is 0 Å². The fourth-order valence-electron chi connectivity index (χ4n) is 2.86. The van der Waals surface area contributed by atoms with Crippen LogP contribution < -0.4 is 5.32 Å². The van der Waals surface area contributed by atoms with Crippen LogP contribution in [0.4, 0.5) is 0 Å². The topological polar surface area (TPSA) is 12.0 Å². The fourth-order valence-corrected chi connectivity index (χ4v) is 3.91. The van der Waals surface area contributed by atoms with Gasteiger partial charge in [-0.3, -0.25) is 0 Å². The molecule has 0 amide bonds. The second kappa shape index (κ2) is 7.01. The van der Waals surface area contributed by atoms with Gasteiger partial charge in [0, 0.05) is 22.4 Å². The summed E-state index contributed by atoms with van der Waals surface area (Å²) in [4.78, 5) is 0. The lowest BCUT2D eigenvalue weighted by molar-refractivity contribution is 0.367. The Hall–Kier alpha value is -0.180. The van der Waals surface area contributed by atoms with Crippen molar-refractivity contribution in [1.82, 2.24) is 5.32 Å². The molecule has 1 fully saturated rings. The van der Waals surface area contributed by atoms with Gasteiger partial charge in [-0.2, -0.15) is 11.8 Å². The highest BCUT2D eigenvalue weighted by atomic mass is 35.5. The van der Waals surface area contributed by atoms with Crippen molar-refractivity contribution in [1.29, 1.82) is 0 Å². The van der Waals surface area contributed by atoms with Crippen molar-refractivity contribution in [3.05, 3.63) is 34.9 Å². The maximum atomic E-state index is 5.94. The molecule has 3 heteroatoms. The van der Waals surface area contributed by atoms with Gasteiger partial charge in [-0.15, -0.1) is 0 Å². The number of benzene rings is 1. The zero-order valence-corrected chi connectivity index (χ0v) is 13.5. The molecule has 1 aromatic rings. The van der Waals surface area contributed by atoms with Gasteiger partial charge < -0.3 is 5.32 Å². The molecule has 0 aliphatic heterocycles. The molecule has 1 aromatic carbocycles. The normalized spacial score (nSPS) is 20.2. The molecule has 1 atom stereocenters. The SMILES string of the molecule is CSC1(CNC(C)c2ccc(Cl)cc2)CCCCC1. The zero-order valence-electron chi connectivity index (χ0n) is 11.9. The predicted molar refractivity (Wildman–Crippen MR) is 87.2 cm³/mol. The second-order valence-electron chi connectivity index (χ2n) is 5.60. The molecule has 1 saturated carbocycles.